The highest BCUT2D eigenvalue weighted by molar-refractivity contribution is 5.80. The number of rotatable bonds is 6. The number of aliphatic carboxylic acids is 1. The Kier molecular flexibility index (Phi) is 6.12. The summed E-state index contributed by atoms with van der Waals surface area (Å²) >= 11 is 0. The third-order valence-electron chi connectivity index (χ3n) is 8.65. The van der Waals surface area contributed by atoms with Crippen molar-refractivity contribution in [3.63, 3.8) is 0 Å². The van der Waals surface area contributed by atoms with Gasteiger partial charge in [-0.05, 0) is 68.6 Å². The smallest absolute Gasteiger partial charge is 0.324 e. The summed E-state index contributed by atoms with van der Waals surface area (Å²) in [5.74, 6) is 0.651. The van der Waals surface area contributed by atoms with Crippen molar-refractivity contribution >= 4 is 5.97 Å². The van der Waals surface area contributed by atoms with Crippen molar-refractivity contribution < 1.29 is 20.1 Å². The predicted octanol–water partition coefficient (Wildman–Crippen LogP) is 3.44. The second kappa shape index (κ2) is 8.32. The van der Waals surface area contributed by atoms with Crippen LogP contribution in [0.5, 0.6) is 0 Å². The van der Waals surface area contributed by atoms with Crippen molar-refractivity contribution in [2.24, 2.45) is 29.6 Å². The molecule has 29 heavy (non-hydrogen) atoms. The molecule has 2 aliphatic heterocycles. The molecule has 5 heteroatoms. The molecule has 2 saturated heterocycles. The summed E-state index contributed by atoms with van der Waals surface area (Å²) in [6, 6.07) is 0.470. The highest BCUT2D eigenvalue weighted by atomic mass is 16.4. The fourth-order valence-corrected chi connectivity index (χ4v) is 7.84. The van der Waals surface area contributed by atoms with Crippen molar-refractivity contribution in [1.29, 1.82) is 0 Å². The molecular formula is C24H39NO4. The zero-order valence-electron chi connectivity index (χ0n) is 18.0. The fraction of sp³-hybridized carbons (Fsp3) is 0.875. The molecular weight excluding hydrogens is 366 g/mol. The molecule has 3 N–H and O–H groups in total. The molecule has 164 valence electrons. The minimum atomic E-state index is -0.765. The molecule has 0 amide bonds. The Hall–Kier alpha value is -0.910. The summed E-state index contributed by atoms with van der Waals surface area (Å²) in [5.41, 5.74) is -0.765. The van der Waals surface area contributed by atoms with E-state index in [2.05, 4.69) is 18.7 Å². The zero-order chi connectivity index (χ0) is 20.8. The second-order valence-corrected chi connectivity index (χ2v) is 10.5. The predicted molar refractivity (Wildman–Crippen MR) is 112 cm³/mol. The lowest BCUT2D eigenvalue weighted by atomic mass is 9.64. The van der Waals surface area contributed by atoms with Gasteiger partial charge in [0, 0.05) is 18.0 Å². The van der Waals surface area contributed by atoms with Crippen LogP contribution in [0.25, 0.3) is 0 Å². The van der Waals surface area contributed by atoms with Gasteiger partial charge in [0.2, 0.25) is 0 Å². The van der Waals surface area contributed by atoms with Crippen LogP contribution >= 0.6 is 0 Å². The molecule has 4 fully saturated rings. The average molecular weight is 406 g/mol. The molecule has 0 radical (unpaired) electrons. The normalized spacial score (nSPS) is 43.3. The lowest BCUT2D eigenvalue weighted by molar-refractivity contribution is -0.174. The van der Waals surface area contributed by atoms with E-state index in [1.165, 1.54) is 0 Å². The Bertz CT molecular complexity index is 628. The van der Waals surface area contributed by atoms with Gasteiger partial charge < -0.3 is 15.3 Å². The SMILES string of the molecule is CC(C)CC1CCC2C[C@@H]3[C@@H](C=CCO)[C@H](O)C[C@H]3N2C1(C(=O)O)C1CCCC1. The highest BCUT2D eigenvalue weighted by Crippen LogP contribution is 2.58. The van der Waals surface area contributed by atoms with Crippen LogP contribution in [0.2, 0.25) is 0 Å². The van der Waals surface area contributed by atoms with Gasteiger partial charge in [-0.3, -0.25) is 9.69 Å². The van der Waals surface area contributed by atoms with Gasteiger partial charge in [0.25, 0.3) is 0 Å². The molecule has 3 unspecified atom stereocenters. The summed E-state index contributed by atoms with van der Waals surface area (Å²) in [7, 11) is 0. The Balaban J connectivity index is 1.75. The van der Waals surface area contributed by atoms with Gasteiger partial charge >= 0.3 is 5.97 Å². The lowest BCUT2D eigenvalue weighted by Gasteiger charge is -2.56. The van der Waals surface area contributed by atoms with Crippen LogP contribution in [-0.2, 0) is 4.79 Å². The van der Waals surface area contributed by atoms with Gasteiger partial charge in [0.15, 0.2) is 0 Å². The summed E-state index contributed by atoms with van der Waals surface area (Å²) in [6.45, 7) is 4.43. The van der Waals surface area contributed by atoms with E-state index in [1.807, 2.05) is 6.08 Å². The molecule has 2 aliphatic carbocycles. The number of nitrogens with zero attached hydrogens (tertiary/aromatic N) is 1. The lowest BCUT2D eigenvalue weighted by Crippen LogP contribution is -2.69. The Morgan fingerprint density at radius 1 is 1.17 bits per heavy atom. The molecule has 7 atom stereocenters. The molecule has 4 rings (SSSR count). The number of aliphatic hydroxyl groups is 2. The number of carboxylic acids is 1. The first-order valence-electron chi connectivity index (χ1n) is 11.9. The first-order chi connectivity index (χ1) is 13.9. The maximum absolute atomic E-state index is 13.2. The molecule has 0 aromatic rings. The number of hydrogen-bond donors (Lipinski definition) is 3. The molecule has 0 aromatic heterocycles. The number of hydrogen-bond acceptors (Lipinski definition) is 4. The third kappa shape index (κ3) is 3.37. The van der Waals surface area contributed by atoms with Crippen LogP contribution in [0.15, 0.2) is 12.2 Å². The van der Waals surface area contributed by atoms with Gasteiger partial charge in [-0.25, -0.2) is 0 Å². The largest absolute Gasteiger partial charge is 0.480 e. The Morgan fingerprint density at radius 3 is 2.52 bits per heavy atom. The van der Waals surface area contributed by atoms with Crippen molar-refractivity contribution in [3.8, 4) is 0 Å². The van der Waals surface area contributed by atoms with Crippen molar-refractivity contribution in [2.75, 3.05) is 6.61 Å². The number of carboxylic acid groups (broad SMARTS) is 1. The van der Waals surface area contributed by atoms with Gasteiger partial charge in [-0.15, -0.1) is 0 Å². The first kappa shape index (κ1) is 21.3. The van der Waals surface area contributed by atoms with Crippen molar-refractivity contribution in [2.45, 2.75) is 95.4 Å². The third-order valence-corrected chi connectivity index (χ3v) is 8.65. The van der Waals surface area contributed by atoms with E-state index in [1.54, 1.807) is 6.08 Å². The Labute approximate surface area is 175 Å². The van der Waals surface area contributed by atoms with Crippen LogP contribution in [0.1, 0.15) is 71.6 Å². The van der Waals surface area contributed by atoms with Crippen LogP contribution < -0.4 is 0 Å². The maximum atomic E-state index is 13.2. The number of fused-ring (bicyclic) bond motifs is 3. The van der Waals surface area contributed by atoms with E-state index in [9.17, 15) is 20.1 Å². The van der Waals surface area contributed by atoms with E-state index in [0.717, 1.165) is 51.4 Å². The van der Waals surface area contributed by atoms with Crippen molar-refractivity contribution in [1.82, 2.24) is 4.90 Å². The topological polar surface area (TPSA) is 81.0 Å². The van der Waals surface area contributed by atoms with Crippen LogP contribution in [0.4, 0.5) is 0 Å². The second-order valence-electron chi connectivity index (χ2n) is 10.5. The quantitative estimate of drug-likeness (QED) is 0.590. The molecule has 0 aromatic carbocycles. The summed E-state index contributed by atoms with van der Waals surface area (Å²) in [4.78, 5) is 15.6. The van der Waals surface area contributed by atoms with Gasteiger partial charge in [0.05, 0.1) is 12.7 Å². The number of piperidine rings is 1. The summed E-state index contributed by atoms with van der Waals surface area (Å²) in [5, 5.41) is 30.8. The van der Waals surface area contributed by atoms with Gasteiger partial charge in [0.1, 0.15) is 5.54 Å². The minimum absolute atomic E-state index is 0.00858. The average Bonchev–Trinajstić information content (AvgIpc) is 3.36. The summed E-state index contributed by atoms with van der Waals surface area (Å²) in [6.07, 6.45) is 12.4. The zero-order valence-corrected chi connectivity index (χ0v) is 18.0. The van der Waals surface area contributed by atoms with E-state index in [-0.39, 0.29) is 30.4 Å². The Morgan fingerprint density at radius 2 is 1.90 bits per heavy atom. The van der Waals surface area contributed by atoms with E-state index >= 15 is 0 Å². The number of carbonyl (C=O) groups is 1. The van der Waals surface area contributed by atoms with Gasteiger partial charge in [-0.2, -0.15) is 0 Å². The van der Waals surface area contributed by atoms with E-state index in [4.69, 9.17) is 0 Å². The van der Waals surface area contributed by atoms with Crippen LogP contribution in [0, 0.1) is 29.6 Å². The molecule has 0 spiro atoms. The van der Waals surface area contributed by atoms with Crippen LogP contribution in [0.3, 0.4) is 0 Å². The summed E-state index contributed by atoms with van der Waals surface area (Å²) < 4.78 is 0. The first-order valence-corrected chi connectivity index (χ1v) is 11.9. The fourth-order valence-electron chi connectivity index (χ4n) is 7.84. The van der Waals surface area contributed by atoms with Crippen LogP contribution in [-0.4, -0.2) is 56.5 Å². The molecule has 2 saturated carbocycles. The number of aliphatic hydroxyl groups excluding tert-OH is 2. The monoisotopic (exact) mass is 405 g/mol. The molecule has 2 heterocycles. The molecule has 0 bridgehead atoms. The standard InChI is InChI=1S/C24H39NO4/c1-15(2)12-17-9-10-18-13-20-19(8-5-11-26)22(27)14-21(20)25(18)24(17,23(28)29)16-6-3-4-7-16/h5,8,15-22,26-27H,3-4,6-7,9-14H2,1-2H3,(H,28,29)/t17?,18?,19-,20-,21-,22-,24?/m1/s1. The minimum Gasteiger partial charge on any atom is -0.480 e. The van der Waals surface area contributed by atoms with E-state index < -0.39 is 17.6 Å². The maximum Gasteiger partial charge on any atom is 0.324 e. The highest BCUT2D eigenvalue weighted by Gasteiger charge is 2.66. The molecule has 5 nitrogen and oxygen atoms in total. The van der Waals surface area contributed by atoms with E-state index in [0.29, 0.717) is 24.3 Å². The van der Waals surface area contributed by atoms with Gasteiger partial charge in [-0.1, -0.05) is 38.8 Å². The molecule has 4 aliphatic rings. The van der Waals surface area contributed by atoms with Crippen molar-refractivity contribution in [3.05, 3.63) is 12.2 Å².